The average Bonchev–Trinajstić information content (AvgIpc) is 3.06. The Morgan fingerprint density at radius 2 is 1.94 bits per heavy atom. The first-order valence-electron chi connectivity index (χ1n) is 8.82. The van der Waals surface area contributed by atoms with Crippen molar-refractivity contribution in [1.29, 1.82) is 5.41 Å². The average molecular weight is 445 g/mol. The molecule has 2 heterocycles. The van der Waals surface area contributed by atoms with Crippen LogP contribution in [0.3, 0.4) is 0 Å². The molecule has 12 nitrogen and oxygen atoms in total. The highest BCUT2D eigenvalue weighted by Gasteiger charge is 2.36. The number of nitrogens with one attached hydrogen (secondary N) is 4. The van der Waals surface area contributed by atoms with E-state index in [9.17, 15) is 28.5 Å². The summed E-state index contributed by atoms with van der Waals surface area (Å²) in [5.41, 5.74) is 0.745. The lowest BCUT2D eigenvalue weighted by Crippen LogP contribution is -2.36. The largest absolute Gasteiger partial charge is 0.421 e. The molecule has 15 heteroatoms. The highest BCUT2D eigenvalue weighted by Crippen LogP contribution is 2.34. The number of alkyl halides is 3. The lowest BCUT2D eigenvalue weighted by atomic mass is 10.0. The molecule has 31 heavy (non-hydrogen) atoms. The van der Waals surface area contributed by atoms with Gasteiger partial charge in [0.15, 0.2) is 0 Å². The zero-order valence-electron chi connectivity index (χ0n) is 16.7. The molecule has 0 bridgehead atoms. The van der Waals surface area contributed by atoms with Crippen LogP contribution in [0.25, 0.3) is 0 Å². The second kappa shape index (κ2) is 8.83. The van der Waals surface area contributed by atoms with Gasteiger partial charge in [-0.25, -0.2) is 4.98 Å². The van der Waals surface area contributed by atoms with E-state index in [0.717, 1.165) is 12.4 Å². The molecule has 2 rings (SSSR count). The smallest absolute Gasteiger partial charge is 0.370 e. The minimum absolute atomic E-state index is 0.150. The van der Waals surface area contributed by atoms with Crippen LogP contribution in [0.2, 0.25) is 0 Å². The SMILES string of the molecule is CCNc1nc(Nc2cc(C(C)(C)N/N=C\C=N)nn2C(O)(O)O)ncc1C(F)(F)F. The van der Waals surface area contributed by atoms with Crippen LogP contribution in [0.15, 0.2) is 17.4 Å². The van der Waals surface area contributed by atoms with Crippen LogP contribution in [0.5, 0.6) is 0 Å². The van der Waals surface area contributed by atoms with E-state index in [1.165, 1.54) is 6.07 Å². The lowest BCUT2D eigenvalue weighted by Gasteiger charge is -2.22. The van der Waals surface area contributed by atoms with Crippen molar-refractivity contribution >= 4 is 30.0 Å². The number of halogens is 3. The Morgan fingerprint density at radius 3 is 2.48 bits per heavy atom. The van der Waals surface area contributed by atoms with Crippen LogP contribution >= 0.6 is 0 Å². The van der Waals surface area contributed by atoms with Gasteiger partial charge in [0.1, 0.15) is 17.2 Å². The minimum Gasteiger partial charge on any atom is -0.370 e. The Hall–Kier alpha value is -3.30. The fourth-order valence-corrected chi connectivity index (χ4v) is 2.36. The molecular formula is C16H22F3N9O3. The van der Waals surface area contributed by atoms with Crippen LogP contribution in [-0.2, 0) is 17.8 Å². The van der Waals surface area contributed by atoms with Crippen LogP contribution in [0.1, 0.15) is 32.0 Å². The van der Waals surface area contributed by atoms with E-state index < -0.39 is 29.2 Å². The van der Waals surface area contributed by atoms with E-state index in [2.05, 4.69) is 36.2 Å². The number of aliphatic hydroxyl groups is 3. The van der Waals surface area contributed by atoms with Gasteiger partial charge in [-0.1, -0.05) is 0 Å². The molecule has 0 saturated heterocycles. The van der Waals surface area contributed by atoms with Crippen molar-refractivity contribution in [2.75, 3.05) is 17.2 Å². The number of hydrogen-bond acceptors (Lipinski definition) is 11. The molecule has 0 aliphatic carbocycles. The van der Waals surface area contributed by atoms with Crippen molar-refractivity contribution < 1.29 is 28.5 Å². The summed E-state index contributed by atoms with van der Waals surface area (Å²) in [4.78, 5) is 7.38. The van der Waals surface area contributed by atoms with Crippen LogP contribution in [0, 0.1) is 5.41 Å². The molecule has 0 unspecified atom stereocenters. The molecule has 0 radical (unpaired) electrons. The third-order valence-electron chi connectivity index (χ3n) is 3.81. The van der Waals surface area contributed by atoms with E-state index in [0.29, 0.717) is 10.9 Å². The number of rotatable bonds is 9. The van der Waals surface area contributed by atoms with Crippen molar-refractivity contribution in [2.45, 2.75) is 38.6 Å². The molecule has 0 aromatic carbocycles. The van der Waals surface area contributed by atoms with Gasteiger partial charge in [-0.05, 0) is 20.8 Å². The van der Waals surface area contributed by atoms with Crippen molar-refractivity contribution in [3.05, 3.63) is 23.5 Å². The Kier molecular flexibility index (Phi) is 6.83. The maximum Gasteiger partial charge on any atom is 0.421 e. The van der Waals surface area contributed by atoms with Gasteiger partial charge in [-0.3, -0.25) is 5.43 Å². The molecule has 0 aliphatic heterocycles. The molecule has 0 aliphatic rings. The predicted octanol–water partition coefficient (Wildman–Crippen LogP) is 0.872. The zero-order chi connectivity index (χ0) is 23.4. The molecule has 170 valence electrons. The summed E-state index contributed by atoms with van der Waals surface area (Å²) >= 11 is 0. The van der Waals surface area contributed by atoms with E-state index in [1.54, 1.807) is 20.8 Å². The maximum absolute atomic E-state index is 13.1. The molecule has 2 aromatic heterocycles. The fourth-order valence-electron chi connectivity index (χ4n) is 2.36. The van der Waals surface area contributed by atoms with E-state index in [1.807, 2.05) is 0 Å². The first-order chi connectivity index (χ1) is 14.3. The summed E-state index contributed by atoms with van der Waals surface area (Å²) in [5.74, 6) is -1.05. The van der Waals surface area contributed by atoms with E-state index in [-0.39, 0.29) is 24.0 Å². The molecule has 0 amide bonds. The first kappa shape index (κ1) is 24.0. The maximum atomic E-state index is 13.1. The number of hydrogen-bond donors (Lipinski definition) is 7. The Labute approximate surface area is 174 Å². The quantitative estimate of drug-likeness (QED) is 0.168. The minimum atomic E-state index is -4.69. The fraction of sp³-hybridized carbons (Fsp3) is 0.438. The van der Waals surface area contributed by atoms with Crippen molar-refractivity contribution in [1.82, 2.24) is 25.2 Å². The van der Waals surface area contributed by atoms with Gasteiger partial charge >= 0.3 is 12.3 Å². The summed E-state index contributed by atoms with van der Waals surface area (Å²) in [6, 6.07) is 1.28. The molecule has 0 spiro atoms. The van der Waals surface area contributed by atoms with Crippen LogP contribution in [-0.4, -0.2) is 54.0 Å². The monoisotopic (exact) mass is 445 g/mol. The summed E-state index contributed by atoms with van der Waals surface area (Å²) in [5, 5.41) is 48.5. The topological polar surface area (TPSA) is 177 Å². The molecular weight excluding hydrogens is 423 g/mol. The molecule has 0 fully saturated rings. The van der Waals surface area contributed by atoms with Gasteiger partial charge in [-0.2, -0.15) is 33.0 Å². The zero-order valence-corrected chi connectivity index (χ0v) is 16.7. The van der Waals surface area contributed by atoms with Crippen molar-refractivity contribution in [3.8, 4) is 0 Å². The van der Waals surface area contributed by atoms with Crippen molar-refractivity contribution in [2.24, 2.45) is 5.10 Å². The standard InChI is InChI=1S/C16H22F3N9O3/c1-4-21-12-9(15(17,18)19)8-22-13(25-12)24-11-7-10(26-28(11)16(29,30)31)14(2,3)27-23-6-5-20/h5-8,20,27,29-31H,4H2,1-3H3,(H2,21,22,24,25)/b20-5?,23-6-. The van der Waals surface area contributed by atoms with E-state index >= 15 is 0 Å². The Balaban J connectivity index is 2.46. The second-order valence-corrected chi connectivity index (χ2v) is 6.72. The van der Waals surface area contributed by atoms with Gasteiger partial charge in [0, 0.05) is 25.0 Å². The molecule has 2 aromatic rings. The Morgan fingerprint density at radius 1 is 1.26 bits per heavy atom. The number of anilines is 3. The lowest BCUT2D eigenvalue weighted by molar-refractivity contribution is -0.379. The van der Waals surface area contributed by atoms with Crippen LogP contribution in [0.4, 0.5) is 30.8 Å². The normalized spacial score (nSPS) is 12.8. The summed E-state index contributed by atoms with van der Waals surface area (Å²) in [7, 11) is 0. The third-order valence-corrected chi connectivity index (χ3v) is 3.81. The van der Waals surface area contributed by atoms with Gasteiger partial charge in [-0.15, -0.1) is 0 Å². The Bertz CT molecular complexity index is 952. The van der Waals surface area contributed by atoms with Crippen molar-refractivity contribution in [3.63, 3.8) is 0 Å². The number of nitrogens with zero attached hydrogens (tertiary/aromatic N) is 5. The molecule has 0 saturated carbocycles. The molecule has 0 atom stereocenters. The second-order valence-electron chi connectivity index (χ2n) is 6.72. The highest BCUT2D eigenvalue weighted by molar-refractivity contribution is 6.14. The number of hydrazone groups is 1. The van der Waals surface area contributed by atoms with Gasteiger partial charge in [0.2, 0.25) is 5.95 Å². The summed E-state index contributed by atoms with van der Waals surface area (Å²) in [6.45, 7) is 4.99. The van der Waals surface area contributed by atoms with Crippen LogP contribution < -0.4 is 16.1 Å². The highest BCUT2D eigenvalue weighted by atomic mass is 19.4. The van der Waals surface area contributed by atoms with Gasteiger partial charge in [0.25, 0.3) is 0 Å². The predicted molar refractivity (Wildman–Crippen MR) is 105 cm³/mol. The first-order valence-corrected chi connectivity index (χ1v) is 8.82. The number of aromatic nitrogens is 4. The van der Waals surface area contributed by atoms with Gasteiger partial charge in [0.05, 0.1) is 17.4 Å². The van der Waals surface area contributed by atoms with E-state index in [4.69, 9.17) is 5.41 Å². The summed E-state index contributed by atoms with van der Waals surface area (Å²) < 4.78 is 39.8. The third kappa shape index (κ3) is 5.87. The summed E-state index contributed by atoms with van der Waals surface area (Å²) in [6.07, 6.45) is -5.47. The molecule has 7 N–H and O–H groups in total. The van der Waals surface area contributed by atoms with Gasteiger partial charge < -0.3 is 31.4 Å².